The van der Waals surface area contributed by atoms with Crippen molar-refractivity contribution in [1.82, 2.24) is 0 Å². The average Bonchev–Trinajstić information content (AvgIpc) is 2.55. The Kier molecular flexibility index (Phi) is 4.84. The first-order valence-corrected chi connectivity index (χ1v) is 8.88. The maximum Gasteiger partial charge on any atom is 0.140 e. The predicted molar refractivity (Wildman–Crippen MR) is 94.4 cm³/mol. The monoisotopic (exact) mass is 311 g/mol. The maximum absolute atomic E-state index is 12.4. The van der Waals surface area contributed by atoms with Gasteiger partial charge in [0.2, 0.25) is 0 Å². The van der Waals surface area contributed by atoms with E-state index in [0.717, 1.165) is 17.2 Å². The largest absolute Gasteiger partial charge is 0.377 e. The zero-order valence-electron chi connectivity index (χ0n) is 12.8. The Morgan fingerprint density at radius 2 is 1.82 bits per heavy atom. The summed E-state index contributed by atoms with van der Waals surface area (Å²) in [6.45, 7) is 2.09. The number of hydrogen-bond acceptors (Lipinski definition) is 3. The van der Waals surface area contributed by atoms with E-state index in [1.807, 2.05) is 30.0 Å². The fourth-order valence-electron chi connectivity index (χ4n) is 2.85. The summed E-state index contributed by atoms with van der Waals surface area (Å²) in [5, 5.41) is 3.58. The van der Waals surface area contributed by atoms with E-state index in [1.165, 1.54) is 11.1 Å². The van der Waals surface area contributed by atoms with E-state index >= 15 is 0 Å². The van der Waals surface area contributed by atoms with E-state index in [2.05, 4.69) is 48.6 Å². The summed E-state index contributed by atoms with van der Waals surface area (Å²) >= 11 is 1.88. The van der Waals surface area contributed by atoms with Gasteiger partial charge in [-0.25, -0.2) is 0 Å². The van der Waals surface area contributed by atoms with Crippen LogP contribution >= 0.6 is 11.8 Å². The van der Waals surface area contributed by atoms with E-state index in [4.69, 9.17) is 0 Å². The van der Waals surface area contributed by atoms with Crippen LogP contribution in [-0.2, 0) is 4.79 Å². The summed E-state index contributed by atoms with van der Waals surface area (Å²) in [5.74, 6) is 2.29. The molecule has 22 heavy (non-hydrogen) atoms. The van der Waals surface area contributed by atoms with E-state index in [1.54, 1.807) is 0 Å². The van der Waals surface area contributed by atoms with Crippen molar-refractivity contribution in [2.75, 3.05) is 16.8 Å². The first kappa shape index (κ1) is 15.2. The topological polar surface area (TPSA) is 29.1 Å². The van der Waals surface area contributed by atoms with Gasteiger partial charge in [-0.15, -0.1) is 0 Å². The Balaban J connectivity index is 1.90. The molecule has 1 saturated heterocycles. The standard InChI is InChI=1S/C19H21NOS/c1-14-7-9-15(10-8-14)19(17-13-22-12-11-18(17)21)20-16-5-3-2-4-6-16/h2-10,17,19-20H,11-13H2,1H3/t17?,19-/m1/s1. The second-order valence-corrected chi connectivity index (χ2v) is 6.95. The third-order valence-corrected chi connectivity index (χ3v) is 5.23. The Hall–Kier alpha value is -1.74. The normalized spacial score (nSPS) is 19.7. The SMILES string of the molecule is Cc1ccc([C@@H](Nc2ccccc2)C2CSCCC2=O)cc1. The summed E-state index contributed by atoms with van der Waals surface area (Å²) in [6.07, 6.45) is 0.689. The highest BCUT2D eigenvalue weighted by atomic mass is 32.2. The van der Waals surface area contributed by atoms with Crippen molar-refractivity contribution in [2.45, 2.75) is 19.4 Å². The minimum Gasteiger partial charge on any atom is -0.377 e. The molecule has 2 atom stereocenters. The lowest BCUT2D eigenvalue weighted by Crippen LogP contribution is -2.32. The van der Waals surface area contributed by atoms with Crippen LogP contribution in [0, 0.1) is 12.8 Å². The van der Waals surface area contributed by atoms with Crippen LogP contribution in [0.1, 0.15) is 23.6 Å². The van der Waals surface area contributed by atoms with Gasteiger partial charge in [-0.2, -0.15) is 11.8 Å². The van der Waals surface area contributed by atoms with Gasteiger partial charge in [-0.1, -0.05) is 48.0 Å². The van der Waals surface area contributed by atoms with E-state index < -0.39 is 0 Å². The van der Waals surface area contributed by atoms with Crippen molar-refractivity contribution in [2.24, 2.45) is 5.92 Å². The van der Waals surface area contributed by atoms with Gasteiger partial charge in [-0.05, 0) is 24.6 Å². The summed E-state index contributed by atoms with van der Waals surface area (Å²) in [7, 11) is 0. The van der Waals surface area contributed by atoms with Gasteiger partial charge in [0.1, 0.15) is 5.78 Å². The van der Waals surface area contributed by atoms with Gasteiger partial charge >= 0.3 is 0 Å². The molecule has 0 spiro atoms. The van der Waals surface area contributed by atoms with Crippen LogP contribution in [-0.4, -0.2) is 17.3 Å². The van der Waals surface area contributed by atoms with Crippen LogP contribution in [0.4, 0.5) is 5.69 Å². The second kappa shape index (κ2) is 7.01. The van der Waals surface area contributed by atoms with Crippen LogP contribution in [0.2, 0.25) is 0 Å². The van der Waals surface area contributed by atoms with Gasteiger partial charge < -0.3 is 5.32 Å². The quantitative estimate of drug-likeness (QED) is 0.903. The maximum atomic E-state index is 12.4. The summed E-state index contributed by atoms with van der Waals surface area (Å²) < 4.78 is 0. The van der Waals surface area contributed by atoms with Gasteiger partial charge in [-0.3, -0.25) is 4.79 Å². The van der Waals surface area contributed by atoms with Gasteiger partial charge in [0.05, 0.1) is 12.0 Å². The highest BCUT2D eigenvalue weighted by molar-refractivity contribution is 7.99. The molecule has 0 radical (unpaired) electrons. The van der Waals surface area contributed by atoms with Gasteiger partial charge in [0.15, 0.2) is 0 Å². The number of aryl methyl sites for hydroxylation is 1. The molecule has 0 amide bonds. The minimum absolute atomic E-state index is 0.0432. The first-order chi connectivity index (χ1) is 10.7. The molecule has 0 saturated carbocycles. The minimum atomic E-state index is 0.0432. The number of rotatable bonds is 4. The van der Waals surface area contributed by atoms with Gasteiger partial charge in [0.25, 0.3) is 0 Å². The van der Waals surface area contributed by atoms with Crippen molar-refractivity contribution < 1.29 is 4.79 Å². The lowest BCUT2D eigenvalue weighted by atomic mass is 9.89. The third kappa shape index (κ3) is 3.53. The number of carbonyl (C=O) groups is 1. The molecule has 114 valence electrons. The Morgan fingerprint density at radius 1 is 1.09 bits per heavy atom. The molecule has 3 rings (SSSR count). The number of carbonyl (C=O) groups excluding carboxylic acids is 1. The van der Waals surface area contributed by atoms with E-state index in [-0.39, 0.29) is 12.0 Å². The molecule has 2 aromatic rings. The fraction of sp³-hybridized carbons (Fsp3) is 0.316. The van der Waals surface area contributed by atoms with Crippen LogP contribution in [0.15, 0.2) is 54.6 Å². The Bertz CT molecular complexity index is 624. The molecule has 2 aromatic carbocycles. The van der Waals surface area contributed by atoms with Crippen LogP contribution < -0.4 is 5.32 Å². The smallest absolute Gasteiger partial charge is 0.140 e. The molecular formula is C19H21NOS. The lowest BCUT2D eigenvalue weighted by molar-refractivity contribution is -0.122. The number of thioether (sulfide) groups is 1. The first-order valence-electron chi connectivity index (χ1n) is 7.72. The fourth-order valence-corrected chi connectivity index (χ4v) is 3.99. The lowest BCUT2D eigenvalue weighted by Gasteiger charge is -2.31. The summed E-state index contributed by atoms with van der Waals surface area (Å²) in [5.41, 5.74) is 3.50. The molecule has 1 N–H and O–H groups in total. The number of anilines is 1. The number of hydrogen-bond donors (Lipinski definition) is 1. The van der Waals surface area contributed by atoms with Crippen molar-refractivity contribution in [3.63, 3.8) is 0 Å². The number of nitrogens with one attached hydrogen (secondary N) is 1. The van der Waals surface area contributed by atoms with Crippen molar-refractivity contribution in [3.8, 4) is 0 Å². The highest BCUT2D eigenvalue weighted by Gasteiger charge is 2.31. The summed E-state index contributed by atoms with van der Waals surface area (Å²) in [6, 6.07) is 18.7. The van der Waals surface area contributed by atoms with Gasteiger partial charge in [0, 0.05) is 23.6 Å². The number of ketones is 1. The molecular weight excluding hydrogens is 290 g/mol. The second-order valence-electron chi connectivity index (χ2n) is 5.80. The molecule has 3 heteroatoms. The van der Waals surface area contributed by atoms with Crippen molar-refractivity contribution >= 4 is 23.2 Å². The number of para-hydroxylation sites is 1. The van der Waals surface area contributed by atoms with E-state index in [9.17, 15) is 4.79 Å². The van der Waals surface area contributed by atoms with Crippen LogP contribution in [0.3, 0.4) is 0 Å². The molecule has 1 heterocycles. The molecule has 0 aromatic heterocycles. The average molecular weight is 311 g/mol. The highest BCUT2D eigenvalue weighted by Crippen LogP contribution is 2.33. The Labute approximate surface area is 136 Å². The zero-order valence-corrected chi connectivity index (χ0v) is 13.6. The van der Waals surface area contributed by atoms with E-state index in [0.29, 0.717) is 12.2 Å². The zero-order chi connectivity index (χ0) is 15.4. The molecule has 1 aliphatic rings. The van der Waals surface area contributed by atoms with Crippen LogP contribution in [0.5, 0.6) is 0 Å². The van der Waals surface area contributed by atoms with Crippen molar-refractivity contribution in [1.29, 1.82) is 0 Å². The summed E-state index contributed by atoms with van der Waals surface area (Å²) in [4.78, 5) is 12.4. The molecule has 1 fully saturated rings. The third-order valence-electron chi connectivity index (χ3n) is 4.14. The molecule has 1 unspecified atom stereocenters. The number of benzene rings is 2. The van der Waals surface area contributed by atoms with Crippen LogP contribution in [0.25, 0.3) is 0 Å². The molecule has 1 aliphatic heterocycles. The molecule has 2 nitrogen and oxygen atoms in total. The molecule has 0 aliphatic carbocycles. The molecule has 0 bridgehead atoms. The Morgan fingerprint density at radius 3 is 2.50 bits per heavy atom. The van der Waals surface area contributed by atoms with Crippen molar-refractivity contribution in [3.05, 3.63) is 65.7 Å². The predicted octanol–water partition coefficient (Wildman–Crippen LogP) is 4.47. The number of Topliss-reactive ketones (excluding diaryl/α,β-unsaturated/α-hetero) is 1.